The third-order valence-electron chi connectivity index (χ3n) is 4.39. The zero-order valence-electron chi connectivity index (χ0n) is 12.4. The van der Waals surface area contributed by atoms with Gasteiger partial charge < -0.3 is 4.90 Å². The summed E-state index contributed by atoms with van der Waals surface area (Å²) in [6.45, 7) is 9.53. The lowest BCUT2D eigenvalue weighted by Gasteiger charge is -2.51. The molecule has 0 aromatic heterocycles. The molecule has 1 aliphatic heterocycles. The molecule has 2 rings (SSSR count). The molecule has 0 radical (unpaired) electrons. The van der Waals surface area contributed by atoms with Crippen LogP contribution in [0, 0.1) is 0 Å². The van der Waals surface area contributed by atoms with Gasteiger partial charge in [0.05, 0.1) is 5.54 Å². The largest absolute Gasteiger partial charge is 0.337 e. The van der Waals surface area contributed by atoms with Crippen molar-refractivity contribution in [1.82, 2.24) is 10.2 Å². The predicted molar refractivity (Wildman–Crippen MR) is 74.5 cm³/mol. The van der Waals surface area contributed by atoms with Gasteiger partial charge in [-0.2, -0.15) is 0 Å². The summed E-state index contributed by atoms with van der Waals surface area (Å²) < 4.78 is 0. The van der Waals surface area contributed by atoms with Crippen molar-refractivity contribution in [3.63, 3.8) is 0 Å². The summed E-state index contributed by atoms with van der Waals surface area (Å²) >= 11 is 0. The number of nitrogens with zero attached hydrogens (tertiary/aromatic N) is 1. The van der Waals surface area contributed by atoms with E-state index in [4.69, 9.17) is 0 Å². The molecule has 0 atom stereocenters. The van der Waals surface area contributed by atoms with Crippen LogP contribution in [0.4, 0.5) is 0 Å². The molecule has 1 N–H and O–H groups in total. The number of carbonyl (C=O) groups is 1. The highest BCUT2D eigenvalue weighted by molar-refractivity contribution is 5.87. The van der Waals surface area contributed by atoms with E-state index < -0.39 is 0 Å². The van der Waals surface area contributed by atoms with Crippen LogP contribution in [-0.2, 0) is 4.79 Å². The number of rotatable bonds is 1. The van der Waals surface area contributed by atoms with Crippen molar-refractivity contribution in [1.29, 1.82) is 0 Å². The molecular weight excluding hydrogens is 224 g/mol. The van der Waals surface area contributed by atoms with E-state index in [1.165, 1.54) is 25.7 Å². The van der Waals surface area contributed by atoms with E-state index in [1.807, 2.05) is 0 Å². The van der Waals surface area contributed by atoms with E-state index in [1.54, 1.807) is 0 Å². The van der Waals surface area contributed by atoms with Gasteiger partial charge in [0.2, 0.25) is 5.91 Å². The van der Waals surface area contributed by atoms with E-state index in [0.717, 1.165) is 19.4 Å². The van der Waals surface area contributed by atoms with E-state index in [9.17, 15) is 4.79 Å². The molecule has 0 aromatic carbocycles. The molecule has 3 heteroatoms. The van der Waals surface area contributed by atoms with Crippen LogP contribution in [0.3, 0.4) is 0 Å². The number of hydrogen-bond donors (Lipinski definition) is 1. The molecule has 0 bridgehead atoms. The van der Waals surface area contributed by atoms with Crippen molar-refractivity contribution in [2.24, 2.45) is 0 Å². The molecule has 1 aliphatic carbocycles. The third-order valence-corrected chi connectivity index (χ3v) is 4.39. The average molecular weight is 252 g/mol. The Morgan fingerprint density at radius 2 is 1.67 bits per heavy atom. The Balaban J connectivity index is 2.29. The second kappa shape index (κ2) is 4.84. The summed E-state index contributed by atoms with van der Waals surface area (Å²) in [5.41, 5.74) is -0.245. The number of nitrogens with one attached hydrogen (secondary N) is 1. The second-order valence-corrected chi connectivity index (χ2v) is 7.03. The zero-order chi connectivity index (χ0) is 13.4. The first kappa shape index (κ1) is 13.9. The molecule has 1 saturated heterocycles. The van der Waals surface area contributed by atoms with Crippen LogP contribution in [0.5, 0.6) is 0 Å². The number of carbonyl (C=O) groups excluding carboxylic acids is 1. The van der Waals surface area contributed by atoms with Crippen LogP contribution in [0.25, 0.3) is 0 Å². The van der Waals surface area contributed by atoms with Gasteiger partial charge in [-0.25, -0.2) is 0 Å². The fourth-order valence-corrected chi connectivity index (χ4v) is 3.60. The Morgan fingerprint density at radius 1 is 1.11 bits per heavy atom. The fourth-order valence-electron chi connectivity index (χ4n) is 3.60. The van der Waals surface area contributed by atoms with Gasteiger partial charge in [-0.15, -0.1) is 0 Å². The lowest BCUT2D eigenvalue weighted by Crippen LogP contribution is -2.72. The van der Waals surface area contributed by atoms with Crippen LogP contribution in [0.2, 0.25) is 0 Å². The molecule has 0 unspecified atom stereocenters. The molecule has 0 aromatic rings. The molecule has 2 fully saturated rings. The van der Waals surface area contributed by atoms with Crippen LogP contribution in [-0.4, -0.2) is 34.5 Å². The summed E-state index contributed by atoms with van der Waals surface area (Å²) in [4.78, 5) is 14.9. The van der Waals surface area contributed by atoms with E-state index >= 15 is 0 Å². The van der Waals surface area contributed by atoms with Crippen molar-refractivity contribution in [3.05, 3.63) is 0 Å². The van der Waals surface area contributed by atoms with Gasteiger partial charge in [-0.05, 0) is 40.5 Å². The van der Waals surface area contributed by atoms with E-state index in [-0.39, 0.29) is 11.1 Å². The highest BCUT2D eigenvalue weighted by atomic mass is 16.2. The van der Waals surface area contributed by atoms with E-state index in [2.05, 4.69) is 37.9 Å². The highest BCUT2D eigenvalue weighted by Gasteiger charge is 2.49. The highest BCUT2D eigenvalue weighted by Crippen LogP contribution is 2.35. The summed E-state index contributed by atoms with van der Waals surface area (Å²) in [6, 6.07) is 0.305. The number of piperazine rings is 1. The zero-order valence-corrected chi connectivity index (χ0v) is 12.4. The lowest BCUT2D eigenvalue weighted by atomic mass is 9.81. The smallest absolute Gasteiger partial charge is 0.243 e. The van der Waals surface area contributed by atoms with Crippen molar-refractivity contribution in [3.8, 4) is 0 Å². The molecular formula is C15H28N2O. The first-order chi connectivity index (χ1) is 8.36. The van der Waals surface area contributed by atoms with Gasteiger partial charge in [-0.1, -0.05) is 25.7 Å². The first-order valence-corrected chi connectivity index (χ1v) is 7.47. The van der Waals surface area contributed by atoms with Crippen molar-refractivity contribution in [2.45, 2.75) is 83.3 Å². The van der Waals surface area contributed by atoms with Gasteiger partial charge >= 0.3 is 0 Å². The van der Waals surface area contributed by atoms with Crippen LogP contribution < -0.4 is 5.32 Å². The van der Waals surface area contributed by atoms with Gasteiger partial charge in [0, 0.05) is 18.1 Å². The molecule has 18 heavy (non-hydrogen) atoms. The topological polar surface area (TPSA) is 32.3 Å². The van der Waals surface area contributed by atoms with Crippen molar-refractivity contribution < 1.29 is 4.79 Å². The summed E-state index contributed by atoms with van der Waals surface area (Å²) in [5, 5.41) is 3.69. The maximum atomic E-state index is 12.8. The third kappa shape index (κ3) is 2.56. The van der Waals surface area contributed by atoms with Gasteiger partial charge in [0.15, 0.2) is 0 Å². The SMILES string of the molecule is CC(C)N1CC(C)(C)NC2(CCCCCC2)C1=O. The van der Waals surface area contributed by atoms with Crippen molar-refractivity contribution >= 4 is 5.91 Å². The van der Waals surface area contributed by atoms with Crippen LogP contribution in [0.15, 0.2) is 0 Å². The first-order valence-electron chi connectivity index (χ1n) is 7.47. The van der Waals surface area contributed by atoms with Crippen LogP contribution in [0.1, 0.15) is 66.2 Å². The number of hydrogen-bond acceptors (Lipinski definition) is 2. The Labute approximate surface area is 111 Å². The fraction of sp³-hybridized carbons (Fsp3) is 0.933. The minimum atomic E-state index is -0.275. The Morgan fingerprint density at radius 3 is 2.17 bits per heavy atom. The van der Waals surface area contributed by atoms with Gasteiger partial charge in [-0.3, -0.25) is 10.1 Å². The summed E-state index contributed by atoms with van der Waals surface area (Å²) in [7, 11) is 0. The van der Waals surface area contributed by atoms with Gasteiger partial charge in [0.25, 0.3) is 0 Å². The molecule has 2 aliphatic rings. The Bertz CT molecular complexity index is 314. The maximum absolute atomic E-state index is 12.8. The minimum absolute atomic E-state index is 0.0303. The predicted octanol–water partition coefficient (Wildman–Crippen LogP) is 2.70. The molecule has 104 valence electrons. The molecule has 3 nitrogen and oxygen atoms in total. The molecule has 1 saturated carbocycles. The molecule has 1 heterocycles. The lowest BCUT2D eigenvalue weighted by molar-refractivity contribution is -0.148. The quantitative estimate of drug-likeness (QED) is 0.778. The molecule has 1 amide bonds. The second-order valence-electron chi connectivity index (χ2n) is 7.03. The normalized spacial score (nSPS) is 27.6. The number of amides is 1. The Kier molecular flexibility index (Phi) is 3.72. The Hall–Kier alpha value is -0.570. The van der Waals surface area contributed by atoms with Crippen molar-refractivity contribution in [2.75, 3.05) is 6.54 Å². The summed E-state index contributed by atoms with van der Waals surface area (Å²) in [5.74, 6) is 0.346. The monoisotopic (exact) mass is 252 g/mol. The van der Waals surface area contributed by atoms with E-state index in [0.29, 0.717) is 11.9 Å². The van der Waals surface area contributed by atoms with Gasteiger partial charge in [0.1, 0.15) is 0 Å². The minimum Gasteiger partial charge on any atom is -0.337 e. The summed E-state index contributed by atoms with van der Waals surface area (Å²) in [6.07, 6.45) is 6.94. The van der Waals surface area contributed by atoms with Crippen LogP contribution >= 0.6 is 0 Å². The molecule has 1 spiro atoms. The standard InChI is InChI=1S/C15H28N2O/c1-12(2)17-11-14(3,4)16-15(13(17)18)9-7-5-6-8-10-15/h12,16H,5-11H2,1-4H3. The maximum Gasteiger partial charge on any atom is 0.243 e. The average Bonchev–Trinajstić information content (AvgIpc) is 2.49.